The fourth-order valence-corrected chi connectivity index (χ4v) is 2.31. The normalized spacial score (nSPS) is 16.4. The molecule has 0 radical (unpaired) electrons. The average molecular weight is 274 g/mol. The summed E-state index contributed by atoms with van der Waals surface area (Å²) < 4.78 is 19.4. The summed E-state index contributed by atoms with van der Waals surface area (Å²) in [4.78, 5) is 0. The minimum atomic E-state index is -0.104. The van der Waals surface area contributed by atoms with Crippen molar-refractivity contribution in [2.45, 2.75) is 38.7 Å². The number of nitrogens with one attached hydrogen (secondary N) is 1. The Morgan fingerprint density at radius 3 is 2.56 bits per heavy atom. The minimum absolute atomic E-state index is 0. The fraction of sp³-hybridized carbons (Fsp3) is 0.571. The van der Waals surface area contributed by atoms with Gasteiger partial charge in [-0.15, -0.1) is 12.4 Å². The highest BCUT2D eigenvalue weighted by molar-refractivity contribution is 5.85. The molecule has 1 aromatic carbocycles. The molecule has 0 atom stereocenters. The highest BCUT2D eigenvalue weighted by atomic mass is 35.5. The molecule has 0 aliphatic carbocycles. The first-order valence-corrected chi connectivity index (χ1v) is 6.33. The van der Waals surface area contributed by atoms with E-state index in [4.69, 9.17) is 4.74 Å². The molecule has 18 heavy (non-hydrogen) atoms. The van der Waals surface area contributed by atoms with E-state index in [0.29, 0.717) is 5.92 Å². The van der Waals surface area contributed by atoms with Gasteiger partial charge in [-0.1, -0.05) is 0 Å². The zero-order valence-corrected chi connectivity index (χ0v) is 11.7. The van der Waals surface area contributed by atoms with Gasteiger partial charge in [-0.05, 0) is 69.5 Å². The van der Waals surface area contributed by atoms with E-state index in [0.717, 1.165) is 37.2 Å². The molecule has 1 aliphatic rings. The predicted octanol–water partition coefficient (Wildman–Crippen LogP) is 3.50. The maximum Gasteiger partial charge on any atom is 0.126 e. The zero-order chi connectivity index (χ0) is 12.3. The van der Waals surface area contributed by atoms with Gasteiger partial charge in [0.05, 0.1) is 6.10 Å². The van der Waals surface area contributed by atoms with E-state index in [9.17, 15) is 4.39 Å². The number of benzene rings is 1. The summed E-state index contributed by atoms with van der Waals surface area (Å²) in [6.45, 7) is 5.90. The van der Waals surface area contributed by atoms with E-state index < -0.39 is 0 Å². The molecule has 2 rings (SSSR count). The first-order chi connectivity index (χ1) is 8.16. The van der Waals surface area contributed by atoms with Crippen molar-refractivity contribution >= 4 is 12.4 Å². The lowest BCUT2D eigenvalue weighted by Gasteiger charge is -2.24. The molecule has 0 unspecified atom stereocenters. The highest BCUT2D eigenvalue weighted by Gasteiger charge is 2.19. The van der Waals surface area contributed by atoms with Crippen LogP contribution < -0.4 is 10.1 Å². The number of hydrogen-bond donors (Lipinski definition) is 1. The van der Waals surface area contributed by atoms with E-state index in [1.807, 2.05) is 19.9 Å². The molecule has 0 bridgehead atoms. The lowest BCUT2D eigenvalue weighted by molar-refractivity contribution is 0.241. The third kappa shape index (κ3) is 3.85. The van der Waals surface area contributed by atoms with Gasteiger partial charge in [-0.25, -0.2) is 4.39 Å². The van der Waals surface area contributed by atoms with Crippen molar-refractivity contribution in [3.63, 3.8) is 0 Å². The predicted molar refractivity (Wildman–Crippen MR) is 74.3 cm³/mol. The molecule has 1 aliphatic heterocycles. The molecule has 1 N–H and O–H groups in total. The van der Waals surface area contributed by atoms with Crippen LogP contribution in [-0.2, 0) is 0 Å². The molecule has 0 amide bonds. The Kier molecular flexibility index (Phi) is 5.89. The van der Waals surface area contributed by atoms with Gasteiger partial charge in [0, 0.05) is 0 Å². The van der Waals surface area contributed by atoms with Gasteiger partial charge in [0.15, 0.2) is 0 Å². The molecule has 1 fully saturated rings. The monoisotopic (exact) mass is 273 g/mol. The summed E-state index contributed by atoms with van der Waals surface area (Å²) in [5.74, 6) is 0.995. The molecule has 4 heteroatoms. The van der Waals surface area contributed by atoms with E-state index in [1.165, 1.54) is 6.07 Å². The molecule has 2 nitrogen and oxygen atoms in total. The van der Waals surface area contributed by atoms with Crippen LogP contribution >= 0.6 is 12.4 Å². The number of piperidine rings is 1. The van der Waals surface area contributed by atoms with E-state index in [1.54, 1.807) is 6.07 Å². The average Bonchev–Trinajstić information content (AvgIpc) is 2.32. The Bertz CT molecular complexity index is 378. The molecule has 102 valence electrons. The summed E-state index contributed by atoms with van der Waals surface area (Å²) in [5, 5.41) is 3.30. The van der Waals surface area contributed by atoms with Crippen molar-refractivity contribution in [2.24, 2.45) is 0 Å². The molecule has 0 saturated carbocycles. The van der Waals surface area contributed by atoms with Crippen LogP contribution in [0.1, 0.15) is 38.2 Å². The Hall–Kier alpha value is -0.800. The van der Waals surface area contributed by atoms with Gasteiger partial charge in [-0.2, -0.15) is 0 Å². The maximum absolute atomic E-state index is 13.8. The van der Waals surface area contributed by atoms with Crippen LogP contribution in [-0.4, -0.2) is 19.2 Å². The molecular weight excluding hydrogens is 253 g/mol. The first-order valence-electron chi connectivity index (χ1n) is 6.33. The lowest BCUT2D eigenvalue weighted by Crippen LogP contribution is -2.27. The molecule has 1 aromatic rings. The molecular formula is C14H21ClFNO. The van der Waals surface area contributed by atoms with Crippen LogP contribution in [0.15, 0.2) is 18.2 Å². The quantitative estimate of drug-likeness (QED) is 0.910. The maximum atomic E-state index is 13.8. The standard InChI is InChI=1S/C14H20FNO.ClH/c1-10(2)17-12-3-4-14(15)13(9-12)11-5-7-16-8-6-11;/h3-4,9-11,16H,5-8H2,1-2H3;1H. The van der Waals surface area contributed by atoms with Crippen molar-refractivity contribution in [1.29, 1.82) is 0 Å². The van der Waals surface area contributed by atoms with E-state index in [2.05, 4.69) is 5.32 Å². The Balaban J connectivity index is 0.00000162. The topological polar surface area (TPSA) is 21.3 Å². The van der Waals surface area contributed by atoms with Gasteiger partial charge in [0.25, 0.3) is 0 Å². The van der Waals surface area contributed by atoms with Crippen LogP contribution in [0.5, 0.6) is 5.75 Å². The fourth-order valence-electron chi connectivity index (χ4n) is 2.31. The van der Waals surface area contributed by atoms with Gasteiger partial charge in [0.1, 0.15) is 11.6 Å². The van der Waals surface area contributed by atoms with Gasteiger partial charge < -0.3 is 10.1 Å². The van der Waals surface area contributed by atoms with Gasteiger partial charge in [0.2, 0.25) is 0 Å². The van der Waals surface area contributed by atoms with E-state index in [-0.39, 0.29) is 24.3 Å². The third-order valence-electron chi connectivity index (χ3n) is 3.12. The molecule has 1 saturated heterocycles. The summed E-state index contributed by atoms with van der Waals surface area (Å²) in [5.41, 5.74) is 0.810. The van der Waals surface area contributed by atoms with Crippen molar-refractivity contribution in [3.8, 4) is 5.75 Å². The van der Waals surface area contributed by atoms with Gasteiger partial charge in [-0.3, -0.25) is 0 Å². The Morgan fingerprint density at radius 2 is 1.94 bits per heavy atom. The minimum Gasteiger partial charge on any atom is -0.491 e. The smallest absolute Gasteiger partial charge is 0.126 e. The second-order valence-electron chi connectivity index (χ2n) is 4.87. The van der Waals surface area contributed by atoms with Crippen LogP contribution in [0.3, 0.4) is 0 Å². The van der Waals surface area contributed by atoms with Crippen molar-refractivity contribution in [1.82, 2.24) is 5.32 Å². The van der Waals surface area contributed by atoms with Crippen LogP contribution in [0.4, 0.5) is 4.39 Å². The highest BCUT2D eigenvalue weighted by Crippen LogP contribution is 2.30. The SMILES string of the molecule is CC(C)Oc1ccc(F)c(C2CCNCC2)c1.Cl. The summed E-state index contributed by atoms with van der Waals surface area (Å²) in [6, 6.07) is 5.10. The summed E-state index contributed by atoms with van der Waals surface area (Å²) in [7, 11) is 0. The van der Waals surface area contributed by atoms with Crippen LogP contribution in [0.25, 0.3) is 0 Å². The van der Waals surface area contributed by atoms with Crippen molar-refractivity contribution in [2.75, 3.05) is 13.1 Å². The number of ether oxygens (including phenoxy) is 1. The number of halogens is 2. The van der Waals surface area contributed by atoms with E-state index >= 15 is 0 Å². The molecule has 0 spiro atoms. The summed E-state index contributed by atoms with van der Waals surface area (Å²) in [6.07, 6.45) is 2.13. The second kappa shape index (κ2) is 6.95. The second-order valence-corrected chi connectivity index (χ2v) is 4.87. The summed E-state index contributed by atoms with van der Waals surface area (Å²) >= 11 is 0. The van der Waals surface area contributed by atoms with Crippen molar-refractivity contribution < 1.29 is 9.13 Å². The molecule has 0 aromatic heterocycles. The number of hydrogen-bond acceptors (Lipinski definition) is 2. The Morgan fingerprint density at radius 1 is 1.28 bits per heavy atom. The van der Waals surface area contributed by atoms with Crippen LogP contribution in [0, 0.1) is 5.82 Å². The van der Waals surface area contributed by atoms with Crippen molar-refractivity contribution in [3.05, 3.63) is 29.6 Å². The molecule has 1 heterocycles. The van der Waals surface area contributed by atoms with Gasteiger partial charge >= 0.3 is 0 Å². The first kappa shape index (κ1) is 15.3. The largest absolute Gasteiger partial charge is 0.491 e. The van der Waals surface area contributed by atoms with Crippen LogP contribution in [0.2, 0.25) is 0 Å². The zero-order valence-electron chi connectivity index (χ0n) is 10.9. The third-order valence-corrected chi connectivity index (χ3v) is 3.12. The number of rotatable bonds is 3. The lowest BCUT2D eigenvalue weighted by atomic mass is 9.90. The Labute approximate surface area is 114 Å².